The molecule has 0 amide bonds. The number of nitriles is 2. The average molecular weight is 172 g/mol. The smallest absolute Gasteiger partial charge is 0.423 e. The molecular weight excluding hydrogens is 167 g/mol. The van der Waals surface area contributed by atoms with Gasteiger partial charge in [-0.15, -0.1) is 0 Å². The highest BCUT2D eigenvalue weighted by atomic mass is 16.4. The Kier molecular flexibility index (Phi) is 2.66. The van der Waals surface area contributed by atoms with Gasteiger partial charge in [0.15, 0.2) is 0 Å². The first-order chi connectivity index (χ1) is 6.20. The fraction of sp³-hybridized carbons (Fsp3) is 0. The van der Waals surface area contributed by atoms with E-state index in [1.54, 1.807) is 12.1 Å². The zero-order valence-electron chi connectivity index (χ0n) is 6.60. The van der Waals surface area contributed by atoms with Crippen LogP contribution in [0.25, 0.3) is 0 Å². The van der Waals surface area contributed by atoms with Crippen molar-refractivity contribution in [1.82, 2.24) is 0 Å². The maximum atomic E-state index is 8.90. The second kappa shape index (κ2) is 3.73. The highest BCUT2D eigenvalue weighted by Crippen LogP contribution is 2.00. The molecule has 0 saturated carbocycles. The third-order valence-corrected chi connectivity index (χ3v) is 1.61. The molecule has 0 bridgehead atoms. The Morgan fingerprint density at radius 3 is 1.85 bits per heavy atom. The third kappa shape index (κ3) is 1.67. The molecule has 0 aliphatic carbocycles. The van der Waals surface area contributed by atoms with Crippen LogP contribution in [0, 0.1) is 22.7 Å². The van der Waals surface area contributed by atoms with Crippen molar-refractivity contribution in [2.45, 2.75) is 0 Å². The summed E-state index contributed by atoms with van der Waals surface area (Å²) < 4.78 is 0. The predicted molar refractivity (Wildman–Crippen MR) is 45.7 cm³/mol. The van der Waals surface area contributed by atoms with E-state index in [4.69, 9.17) is 20.6 Å². The quantitative estimate of drug-likeness (QED) is 0.537. The normalized spacial score (nSPS) is 8.62. The van der Waals surface area contributed by atoms with Crippen molar-refractivity contribution in [3.63, 3.8) is 0 Å². The second-order valence-electron chi connectivity index (χ2n) is 2.36. The van der Waals surface area contributed by atoms with E-state index < -0.39 is 7.12 Å². The Morgan fingerprint density at radius 1 is 1.08 bits per heavy atom. The molecule has 0 aromatic heterocycles. The molecule has 0 radical (unpaired) electrons. The van der Waals surface area contributed by atoms with Gasteiger partial charge in [0.1, 0.15) is 0 Å². The van der Waals surface area contributed by atoms with Crippen LogP contribution in [-0.2, 0) is 0 Å². The average Bonchev–Trinajstić information content (AvgIpc) is 2.16. The summed E-state index contributed by atoms with van der Waals surface area (Å²) in [4.78, 5) is 0. The Balaban J connectivity index is 3.43. The summed E-state index contributed by atoms with van der Waals surface area (Å²) in [5, 5.41) is 35.0. The van der Waals surface area contributed by atoms with Gasteiger partial charge in [0.25, 0.3) is 0 Å². The van der Waals surface area contributed by atoms with E-state index in [0.717, 1.165) is 0 Å². The van der Waals surface area contributed by atoms with Gasteiger partial charge in [0.2, 0.25) is 0 Å². The molecule has 62 valence electrons. The molecule has 0 unspecified atom stereocenters. The van der Waals surface area contributed by atoms with Gasteiger partial charge < -0.3 is 10.0 Å². The van der Waals surface area contributed by atoms with Gasteiger partial charge in [-0.05, 0) is 12.1 Å². The first-order valence-electron chi connectivity index (χ1n) is 3.50. The Labute approximate surface area is 75.4 Å². The van der Waals surface area contributed by atoms with E-state index in [-0.39, 0.29) is 16.6 Å². The van der Waals surface area contributed by atoms with Crippen LogP contribution < -0.4 is 5.46 Å². The number of nitrogens with zero attached hydrogens (tertiary/aromatic N) is 2. The zero-order valence-corrected chi connectivity index (χ0v) is 6.60. The van der Waals surface area contributed by atoms with Crippen molar-refractivity contribution in [1.29, 1.82) is 10.5 Å². The molecule has 0 saturated heterocycles. The van der Waals surface area contributed by atoms with Crippen LogP contribution in [0.1, 0.15) is 11.1 Å². The minimum absolute atomic E-state index is 0.0347. The summed E-state index contributed by atoms with van der Waals surface area (Å²) in [6, 6.07) is 7.93. The van der Waals surface area contributed by atoms with Crippen molar-refractivity contribution in [2.24, 2.45) is 0 Å². The van der Waals surface area contributed by atoms with Gasteiger partial charge in [-0.3, -0.25) is 0 Å². The summed E-state index contributed by atoms with van der Waals surface area (Å²) in [6.45, 7) is 0. The minimum atomic E-state index is -1.79. The van der Waals surface area contributed by atoms with E-state index in [0.29, 0.717) is 0 Å². The number of hydrogen-bond acceptors (Lipinski definition) is 4. The van der Waals surface area contributed by atoms with Gasteiger partial charge in [-0.1, -0.05) is 6.07 Å². The second-order valence-corrected chi connectivity index (χ2v) is 2.36. The lowest BCUT2D eigenvalue weighted by Crippen LogP contribution is -2.34. The van der Waals surface area contributed by atoms with Crippen LogP contribution in [0.4, 0.5) is 0 Å². The van der Waals surface area contributed by atoms with Crippen molar-refractivity contribution in [3.05, 3.63) is 29.3 Å². The molecule has 0 atom stereocenters. The highest BCUT2D eigenvalue weighted by Gasteiger charge is 2.19. The van der Waals surface area contributed by atoms with Crippen molar-refractivity contribution < 1.29 is 10.0 Å². The van der Waals surface area contributed by atoms with Gasteiger partial charge >= 0.3 is 7.12 Å². The fourth-order valence-electron chi connectivity index (χ4n) is 1.04. The molecule has 1 aromatic carbocycles. The largest absolute Gasteiger partial charge is 0.491 e. The standard InChI is InChI=1S/C8H5BN2O2/c10-4-6-2-1-3-7(5-11)8(6)9(12)13/h1-3,12-13H. The summed E-state index contributed by atoms with van der Waals surface area (Å²) in [5.41, 5.74) is 0.176. The van der Waals surface area contributed by atoms with Crippen LogP contribution in [0.5, 0.6) is 0 Å². The molecule has 13 heavy (non-hydrogen) atoms. The minimum Gasteiger partial charge on any atom is -0.423 e. The molecule has 0 aliphatic heterocycles. The first-order valence-corrected chi connectivity index (χ1v) is 3.50. The lowest BCUT2D eigenvalue weighted by molar-refractivity contribution is 0.425. The summed E-state index contributed by atoms with van der Waals surface area (Å²) in [6.07, 6.45) is 0. The molecule has 1 rings (SSSR count). The van der Waals surface area contributed by atoms with Gasteiger partial charge in [0, 0.05) is 5.46 Å². The number of benzene rings is 1. The first kappa shape index (κ1) is 9.27. The Bertz CT molecular complexity index is 371. The Hall–Kier alpha value is -1.82. The summed E-state index contributed by atoms with van der Waals surface area (Å²) in [7, 11) is -1.79. The number of hydrogen-bond donors (Lipinski definition) is 2. The van der Waals surface area contributed by atoms with Gasteiger partial charge in [-0.2, -0.15) is 10.5 Å². The van der Waals surface area contributed by atoms with Crippen LogP contribution in [-0.4, -0.2) is 17.2 Å². The SMILES string of the molecule is N#Cc1cccc(C#N)c1B(O)O. The van der Waals surface area contributed by atoms with E-state index in [2.05, 4.69) is 0 Å². The molecule has 0 heterocycles. The van der Waals surface area contributed by atoms with Crippen molar-refractivity contribution >= 4 is 12.6 Å². The van der Waals surface area contributed by atoms with E-state index in [9.17, 15) is 0 Å². The lowest BCUT2D eigenvalue weighted by Gasteiger charge is -2.03. The monoisotopic (exact) mass is 172 g/mol. The van der Waals surface area contributed by atoms with Gasteiger partial charge in [0.05, 0.1) is 23.3 Å². The molecule has 0 aliphatic rings. The lowest BCUT2D eigenvalue weighted by atomic mass is 9.74. The fourth-order valence-corrected chi connectivity index (χ4v) is 1.04. The predicted octanol–water partition coefficient (Wildman–Crippen LogP) is -0.890. The zero-order chi connectivity index (χ0) is 9.84. The molecule has 1 aromatic rings. The molecule has 0 fully saturated rings. The van der Waals surface area contributed by atoms with Crippen LogP contribution in [0.15, 0.2) is 18.2 Å². The highest BCUT2D eigenvalue weighted by molar-refractivity contribution is 6.60. The molecule has 4 nitrogen and oxygen atoms in total. The Morgan fingerprint density at radius 2 is 1.54 bits per heavy atom. The maximum Gasteiger partial charge on any atom is 0.491 e. The maximum absolute atomic E-state index is 8.90. The van der Waals surface area contributed by atoms with Crippen LogP contribution in [0.3, 0.4) is 0 Å². The van der Waals surface area contributed by atoms with Crippen LogP contribution in [0.2, 0.25) is 0 Å². The molecule has 2 N–H and O–H groups in total. The molecular formula is C8H5BN2O2. The molecule has 0 spiro atoms. The van der Waals surface area contributed by atoms with E-state index in [1.807, 2.05) is 0 Å². The van der Waals surface area contributed by atoms with E-state index >= 15 is 0 Å². The summed E-state index contributed by atoms with van der Waals surface area (Å²) >= 11 is 0. The van der Waals surface area contributed by atoms with Crippen LogP contribution >= 0.6 is 0 Å². The third-order valence-electron chi connectivity index (χ3n) is 1.61. The number of rotatable bonds is 1. The van der Waals surface area contributed by atoms with Gasteiger partial charge in [-0.25, -0.2) is 0 Å². The summed E-state index contributed by atoms with van der Waals surface area (Å²) in [5.74, 6) is 0. The van der Waals surface area contributed by atoms with E-state index in [1.165, 1.54) is 18.2 Å². The molecule has 5 heteroatoms. The topological polar surface area (TPSA) is 88.0 Å². The van der Waals surface area contributed by atoms with Crippen molar-refractivity contribution in [2.75, 3.05) is 0 Å². The van der Waals surface area contributed by atoms with Crippen molar-refractivity contribution in [3.8, 4) is 12.1 Å².